The monoisotopic (exact) mass is 313 g/mol. The minimum atomic E-state index is -0.321. The Bertz CT molecular complexity index is 766. The summed E-state index contributed by atoms with van der Waals surface area (Å²) in [5, 5.41) is 0.849. The van der Waals surface area contributed by atoms with E-state index in [1.807, 2.05) is 18.2 Å². The van der Waals surface area contributed by atoms with Gasteiger partial charge in [0.2, 0.25) is 0 Å². The van der Waals surface area contributed by atoms with Crippen molar-refractivity contribution in [3.63, 3.8) is 0 Å². The van der Waals surface area contributed by atoms with Gasteiger partial charge in [0.15, 0.2) is 11.6 Å². The SMILES string of the molecule is Nc1ncc(Sc2ccccn2)cc1Oc1ccc(F)cc1. The van der Waals surface area contributed by atoms with Crippen molar-refractivity contribution in [2.75, 3.05) is 5.73 Å². The van der Waals surface area contributed by atoms with Gasteiger partial charge in [-0.15, -0.1) is 0 Å². The van der Waals surface area contributed by atoms with Gasteiger partial charge in [0.05, 0.1) is 0 Å². The van der Waals surface area contributed by atoms with Gasteiger partial charge >= 0.3 is 0 Å². The lowest BCUT2D eigenvalue weighted by molar-refractivity contribution is 0.479. The first-order valence-corrected chi connectivity index (χ1v) is 7.30. The largest absolute Gasteiger partial charge is 0.453 e. The number of aromatic nitrogens is 2. The van der Waals surface area contributed by atoms with Gasteiger partial charge in [0.25, 0.3) is 0 Å². The number of nitrogen functional groups attached to an aromatic ring is 1. The first kappa shape index (κ1) is 14.3. The van der Waals surface area contributed by atoms with Gasteiger partial charge in [-0.2, -0.15) is 0 Å². The second kappa shape index (κ2) is 6.44. The highest BCUT2D eigenvalue weighted by atomic mass is 32.2. The van der Waals surface area contributed by atoms with Crippen LogP contribution in [0.2, 0.25) is 0 Å². The molecular formula is C16H12FN3OS. The summed E-state index contributed by atoms with van der Waals surface area (Å²) in [5.74, 6) is 0.870. The van der Waals surface area contributed by atoms with Crippen LogP contribution < -0.4 is 10.5 Å². The molecule has 0 saturated heterocycles. The van der Waals surface area contributed by atoms with E-state index in [9.17, 15) is 4.39 Å². The van der Waals surface area contributed by atoms with Crippen molar-refractivity contribution < 1.29 is 9.13 Å². The van der Waals surface area contributed by atoms with Gasteiger partial charge in [-0.05, 0) is 36.4 Å². The molecule has 110 valence electrons. The number of benzene rings is 1. The van der Waals surface area contributed by atoms with Gasteiger partial charge in [0, 0.05) is 23.4 Å². The summed E-state index contributed by atoms with van der Waals surface area (Å²) in [6.07, 6.45) is 3.38. The fourth-order valence-electron chi connectivity index (χ4n) is 1.73. The number of anilines is 1. The first-order chi connectivity index (χ1) is 10.7. The summed E-state index contributed by atoms with van der Waals surface area (Å²) in [6.45, 7) is 0. The van der Waals surface area contributed by atoms with Crippen LogP contribution in [0.3, 0.4) is 0 Å². The average molecular weight is 313 g/mol. The average Bonchev–Trinajstić information content (AvgIpc) is 2.54. The molecule has 0 aliphatic rings. The van der Waals surface area contributed by atoms with E-state index in [0.29, 0.717) is 11.5 Å². The van der Waals surface area contributed by atoms with Crippen molar-refractivity contribution in [1.29, 1.82) is 0 Å². The molecule has 4 nitrogen and oxygen atoms in total. The number of hydrogen-bond acceptors (Lipinski definition) is 5. The molecule has 0 amide bonds. The van der Waals surface area contributed by atoms with E-state index >= 15 is 0 Å². The quantitative estimate of drug-likeness (QED) is 0.784. The molecule has 0 spiro atoms. The number of halogens is 1. The molecule has 1 aromatic carbocycles. The number of nitrogens with zero attached hydrogens (tertiary/aromatic N) is 2. The minimum absolute atomic E-state index is 0.273. The molecule has 22 heavy (non-hydrogen) atoms. The fourth-order valence-corrected chi connectivity index (χ4v) is 2.51. The third kappa shape index (κ3) is 3.53. The van der Waals surface area contributed by atoms with Crippen LogP contribution in [-0.2, 0) is 0 Å². The summed E-state index contributed by atoms with van der Waals surface area (Å²) in [6, 6.07) is 13.2. The molecule has 0 atom stereocenters. The van der Waals surface area contributed by atoms with Crippen LogP contribution in [0, 0.1) is 5.82 Å². The third-order valence-electron chi connectivity index (χ3n) is 2.76. The lowest BCUT2D eigenvalue weighted by Crippen LogP contribution is -1.95. The predicted molar refractivity (Wildman–Crippen MR) is 83.5 cm³/mol. The number of ether oxygens (including phenoxy) is 1. The van der Waals surface area contributed by atoms with E-state index in [0.717, 1.165) is 9.92 Å². The molecule has 0 fully saturated rings. The number of rotatable bonds is 4. The molecule has 0 unspecified atom stereocenters. The normalized spacial score (nSPS) is 10.4. The number of nitrogens with two attached hydrogens (primary N) is 1. The van der Waals surface area contributed by atoms with Crippen molar-refractivity contribution in [1.82, 2.24) is 9.97 Å². The van der Waals surface area contributed by atoms with E-state index in [1.165, 1.54) is 36.0 Å². The molecular weight excluding hydrogens is 301 g/mol. The molecule has 0 aliphatic heterocycles. The highest BCUT2D eigenvalue weighted by Gasteiger charge is 2.07. The molecule has 0 saturated carbocycles. The zero-order valence-electron chi connectivity index (χ0n) is 11.4. The first-order valence-electron chi connectivity index (χ1n) is 6.48. The Balaban J connectivity index is 1.82. The Morgan fingerprint density at radius 1 is 1.05 bits per heavy atom. The standard InChI is InChI=1S/C16H12FN3OS/c17-11-4-6-12(7-5-11)21-14-9-13(10-20-16(14)18)22-15-3-1-2-8-19-15/h1-10H,(H2,18,20). The molecule has 0 bridgehead atoms. The van der Waals surface area contributed by atoms with E-state index < -0.39 is 0 Å². The third-order valence-corrected chi connectivity index (χ3v) is 3.67. The Kier molecular flexibility index (Phi) is 4.20. The van der Waals surface area contributed by atoms with Crippen LogP contribution in [0.25, 0.3) is 0 Å². The number of hydrogen-bond donors (Lipinski definition) is 1. The molecule has 2 N–H and O–H groups in total. The Morgan fingerprint density at radius 2 is 1.86 bits per heavy atom. The summed E-state index contributed by atoms with van der Waals surface area (Å²) in [4.78, 5) is 9.21. The van der Waals surface area contributed by atoms with Crippen molar-refractivity contribution >= 4 is 17.6 Å². The maximum Gasteiger partial charge on any atom is 0.170 e. The molecule has 2 aromatic heterocycles. The molecule has 6 heteroatoms. The lowest BCUT2D eigenvalue weighted by Gasteiger charge is -2.09. The zero-order valence-corrected chi connectivity index (χ0v) is 12.3. The fraction of sp³-hybridized carbons (Fsp3) is 0. The molecule has 0 aliphatic carbocycles. The molecule has 3 rings (SSSR count). The van der Waals surface area contributed by atoms with Gasteiger partial charge in [-0.25, -0.2) is 14.4 Å². The van der Waals surface area contributed by atoms with Crippen molar-refractivity contribution in [2.45, 2.75) is 9.92 Å². The lowest BCUT2D eigenvalue weighted by atomic mass is 10.3. The van der Waals surface area contributed by atoms with Gasteiger partial charge in [-0.3, -0.25) is 0 Å². The second-order valence-electron chi connectivity index (χ2n) is 4.38. The summed E-state index contributed by atoms with van der Waals surface area (Å²) < 4.78 is 18.6. The van der Waals surface area contributed by atoms with Crippen molar-refractivity contribution in [3.05, 3.63) is 66.7 Å². The maximum atomic E-state index is 12.9. The van der Waals surface area contributed by atoms with E-state index in [1.54, 1.807) is 18.5 Å². The van der Waals surface area contributed by atoms with Gasteiger partial charge < -0.3 is 10.5 Å². The minimum Gasteiger partial charge on any atom is -0.453 e. The van der Waals surface area contributed by atoms with E-state index in [-0.39, 0.29) is 11.6 Å². The van der Waals surface area contributed by atoms with Crippen LogP contribution in [0.15, 0.2) is 70.8 Å². The topological polar surface area (TPSA) is 61.0 Å². The van der Waals surface area contributed by atoms with Crippen LogP contribution in [0.4, 0.5) is 10.2 Å². The highest BCUT2D eigenvalue weighted by molar-refractivity contribution is 7.99. The molecule has 2 heterocycles. The molecule has 0 radical (unpaired) electrons. The predicted octanol–water partition coefficient (Wildman–Crippen LogP) is 4.14. The Hall–Kier alpha value is -2.60. The van der Waals surface area contributed by atoms with Gasteiger partial charge in [-0.1, -0.05) is 17.8 Å². The van der Waals surface area contributed by atoms with Gasteiger partial charge in [0.1, 0.15) is 16.6 Å². The van der Waals surface area contributed by atoms with Crippen molar-refractivity contribution in [2.24, 2.45) is 0 Å². The maximum absolute atomic E-state index is 12.9. The van der Waals surface area contributed by atoms with Crippen LogP contribution in [0.1, 0.15) is 0 Å². The Labute approximate surface area is 131 Å². The molecule has 3 aromatic rings. The highest BCUT2D eigenvalue weighted by Crippen LogP contribution is 2.32. The second-order valence-corrected chi connectivity index (χ2v) is 5.47. The summed E-state index contributed by atoms with van der Waals surface area (Å²) >= 11 is 1.45. The van der Waals surface area contributed by atoms with E-state index in [2.05, 4.69) is 9.97 Å². The summed E-state index contributed by atoms with van der Waals surface area (Å²) in [7, 11) is 0. The van der Waals surface area contributed by atoms with Crippen LogP contribution >= 0.6 is 11.8 Å². The number of pyridine rings is 2. The Morgan fingerprint density at radius 3 is 2.59 bits per heavy atom. The zero-order chi connectivity index (χ0) is 15.4. The van der Waals surface area contributed by atoms with Crippen LogP contribution in [0.5, 0.6) is 11.5 Å². The summed E-state index contributed by atoms with van der Waals surface area (Å²) in [5.41, 5.74) is 5.83. The smallest absolute Gasteiger partial charge is 0.170 e. The van der Waals surface area contributed by atoms with Crippen molar-refractivity contribution in [3.8, 4) is 11.5 Å². The van der Waals surface area contributed by atoms with Crippen LogP contribution in [-0.4, -0.2) is 9.97 Å². The van der Waals surface area contributed by atoms with E-state index in [4.69, 9.17) is 10.5 Å².